The molecule has 10 heavy (non-hydrogen) atoms. The van der Waals surface area contributed by atoms with Crippen LogP contribution < -0.4 is 5.32 Å². The van der Waals surface area contributed by atoms with Gasteiger partial charge in [-0.1, -0.05) is 6.42 Å². The summed E-state index contributed by atoms with van der Waals surface area (Å²) in [6, 6.07) is 1.50. The number of likely N-dealkylation sites (N-methyl/N-ethyl adjacent to an activating group) is 2. The van der Waals surface area contributed by atoms with Gasteiger partial charge in [-0.05, 0) is 34.0 Å². The summed E-state index contributed by atoms with van der Waals surface area (Å²) in [6.45, 7) is 0. The lowest BCUT2D eigenvalue weighted by molar-refractivity contribution is 0.259. The van der Waals surface area contributed by atoms with Gasteiger partial charge in [-0.2, -0.15) is 0 Å². The molecule has 0 amide bonds. The van der Waals surface area contributed by atoms with Crippen LogP contribution in [0.5, 0.6) is 0 Å². The molecule has 1 saturated carbocycles. The summed E-state index contributed by atoms with van der Waals surface area (Å²) in [5, 5.41) is 3.35. The van der Waals surface area contributed by atoms with Crippen LogP contribution in [0.4, 0.5) is 0 Å². The fourth-order valence-electron chi connectivity index (χ4n) is 1.90. The second-order valence-corrected chi connectivity index (χ2v) is 3.36. The molecule has 0 heterocycles. The van der Waals surface area contributed by atoms with Crippen molar-refractivity contribution in [3.05, 3.63) is 0 Å². The Morgan fingerprint density at radius 2 is 2.00 bits per heavy atom. The number of hydrogen-bond donors (Lipinski definition) is 1. The lowest BCUT2D eigenvalue weighted by Gasteiger charge is -2.25. The van der Waals surface area contributed by atoms with Crippen LogP contribution >= 0.6 is 0 Å². The molecule has 0 aromatic rings. The van der Waals surface area contributed by atoms with Crippen molar-refractivity contribution in [1.29, 1.82) is 0 Å². The summed E-state index contributed by atoms with van der Waals surface area (Å²) in [6.07, 6.45) is 4.09. The van der Waals surface area contributed by atoms with Gasteiger partial charge >= 0.3 is 0 Å². The van der Waals surface area contributed by atoms with Crippen LogP contribution in [0.1, 0.15) is 19.3 Å². The van der Waals surface area contributed by atoms with E-state index in [1.807, 2.05) is 0 Å². The van der Waals surface area contributed by atoms with Crippen LogP contribution in [0, 0.1) is 0 Å². The molecule has 60 valence electrons. The number of nitrogens with one attached hydrogen (secondary N) is 1. The second-order valence-electron chi connectivity index (χ2n) is 3.36. The maximum atomic E-state index is 3.35. The summed E-state index contributed by atoms with van der Waals surface area (Å²) < 4.78 is 0. The van der Waals surface area contributed by atoms with E-state index in [-0.39, 0.29) is 0 Å². The van der Waals surface area contributed by atoms with E-state index in [0.29, 0.717) is 0 Å². The molecule has 1 fully saturated rings. The maximum Gasteiger partial charge on any atom is 0.0243 e. The quantitative estimate of drug-likeness (QED) is 0.610. The van der Waals surface area contributed by atoms with Crippen molar-refractivity contribution in [2.75, 3.05) is 21.1 Å². The molecule has 1 rings (SSSR count). The molecule has 0 aromatic heterocycles. The van der Waals surface area contributed by atoms with Crippen molar-refractivity contribution in [3.63, 3.8) is 0 Å². The summed E-state index contributed by atoms with van der Waals surface area (Å²) in [5.41, 5.74) is 0. The van der Waals surface area contributed by atoms with Crippen LogP contribution in [-0.2, 0) is 0 Å². The highest BCUT2D eigenvalue weighted by atomic mass is 15.1. The van der Waals surface area contributed by atoms with Gasteiger partial charge in [-0.25, -0.2) is 0 Å². The highest BCUT2D eigenvalue weighted by Gasteiger charge is 2.26. The molecule has 0 bridgehead atoms. The average molecular weight is 142 g/mol. The first-order valence-electron chi connectivity index (χ1n) is 4.09. The molecule has 1 aliphatic carbocycles. The smallest absolute Gasteiger partial charge is 0.0243 e. The van der Waals surface area contributed by atoms with Crippen LogP contribution in [0.15, 0.2) is 0 Å². The molecule has 0 radical (unpaired) electrons. The minimum absolute atomic E-state index is 0.731. The van der Waals surface area contributed by atoms with E-state index in [2.05, 4.69) is 31.4 Å². The minimum atomic E-state index is 0.731. The van der Waals surface area contributed by atoms with Gasteiger partial charge in [0.15, 0.2) is 0 Å². The maximum absolute atomic E-state index is 3.35. The number of nitrogens with zero attached hydrogens (tertiary/aromatic N) is 1. The molecular weight excluding hydrogens is 124 g/mol. The Morgan fingerprint density at radius 3 is 2.40 bits per heavy atom. The van der Waals surface area contributed by atoms with Gasteiger partial charge in [0.05, 0.1) is 0 Å². The molecule has 0 spiro atoms. The molecule has 0 aliphatic heterocycles. The standard InChI is InChI=1S/C8H18N2/c1-9-7-5-4-6-8(7)10(2)3/h7-9H,4-6H2,1-3H3/t7-,8-/m0/s1. The van der Waals surface area contributed by atoms with E-state index in [4.69, 9.17) is 0 Å². The average Bonchev–Trinajstić information content (AvgIpc) is 2.33. The third kappa shape index (κ3) is 1.50. The fourth-order valence-corrected chi connectivity index (χ4v) is 1.90. The van der Waals surface area contributed by atoms with E-state index < -0.39 is 0 Å². The predicted molar refractivity (Wildman–Crippen MR) is 44.2 cm³/mol. The lowest BCUT2D eigenvalue weighted by atomic mass is 10.1. The van der Waals surface area contributed by atoms with E-state index in [0.717, 1.165) is 12.1 Å². The molecule has 1 N–H and O–H groups in total. The van der Waals surface area contributed by atoms with E-state index in [1.165, 1.54) is 19.3 Å². The van der Waals surface area contributed by atoms with Crippen molar-refractivity contribution in [3.8, 4) is 0 Å². The number of rotatable bonds is 2. The van der Waals surface area contributed by atoms with Crippen LogP contribution in [0.3, 0.4) is 0 Å². The third-order valence-corrected chi connectivity index (χ3v) is 2.51. The monoisotopic (exact) mass is 142 g/mol. The molecular formula is C8H18N2. The van der Waals surface area contributed by atoms with Gasteiger partial charge in [0.1, 0.15) is 0 Å². The van der Waals surface area contributed by atoms with Crippen molar-refractivity contribution < 1.29 is 0 Å². The summed E-state index contributed by atoms with van der Waals surface area (Å²) >= 11 is 0. The zero-order valence-electron chi connectivity index (χ0n) is 7.22. The zero-order valence-corrected chi connectivity index (χ0v) is 7.22. The Balaban J connectivity index is 2.42. The first kappa shape index (κ1) is 8.02. The van der Waals surface area contributed by atoms with Gasteiger partial charge in [-0.15, -0.1) is 0 Å². The van der Waals surface area contributed by atoms with Crippen LogP contribution in [0.25, 0.3) is 0 Å². The minimum Gasteiger partial charge on any atom is -0.315 e. The number of hydrogen-bond acceptors (Lipinski definition) is 2. The fraction of sp³-hybridized carbons (Fsp3) is 1.00. The first-order chi connectivity index (χ1) is 4.75. The van der Waals surface area contributed by atoms with Crippen LogP contribution in [-0.4, -0.2) is 38.1 Å². The van der Waals surface area contributed by atoms with Gasteiger partial charge in [0, 0.05) is 12.1 Å². The predicted octanol–water partition coefficient (Wildman–Crippen LogP) is 0.688. The Bertz CT molecular complexity index is 101. The Labute approximate surface area is 63.6 Å². The summed E-state index contributed by atoms with van der Waals surface area (Å²) in [5.74, 6) is 0. The van der Waals surface area contributed by atoms with E-state index >= 15 is 0 Å². The van der Waals surface area contributed by atoms with Gasteiger partial charge in [-0.3, -0.25) is 0 Å². The van der Waals surface area contributed by atoms with Crippen molar-refractivity contribution in [1.82, 2.24) is 10.2 Å². The molecule has 0 unspecified atom stereocenters. The van der Waals surface area contributed by atoms with E-state index in [1.54, 1.807) is 0 Å². The molecule has 2 heteroatoms. The highest BCUT2D eigenvalue weighted by molar-refractivity contribution is 4.87. The Kier molecular flexibility index (Phi) is 2.69. The molecule has 0 aromatic carbocycles. The summed E-state index contributed by atoms with van der Waals surface area (Å²) in [4.78, 5) is 2.33. The zero-order chi connectivity index (χ0) is 7.56. The first-order valence-corrected chi connectivity index (χ1v) is 4.09. The topological polar surface area (TPSA) is 15.3 Å². The third-order valence-electron chi connectivity index (χ3n) is 2.51. The van der Waals surface area contributed by atoms with Crippen LogP contribution in [0.2, 0.25) is 0 Å². The van der Waals surface area contributed by atoms with E-state index in [9.17, 15) is 0 Å². The Hall–Kier alpha value is -0.0800. The molecule has 0 saturated heterocycles. The second kappa shape index (κ2) is 3.35. The lowest BCUT2D eigenvalue weighted by Crippen LogP contribution is -2.41. The molecule has 1 aliphatic rings. The molecule has 2 atom stereocenters. The largest absolute Gasteiger partial charge is 0.315 e. The van der Waals surface area contributed by atoms with Crippen molar-refractivity contribution in [2.45, 2.75) is 31.3 Å². The Morgan fingerprint density at radius 1 is 1.30 bits per heavy atom. The van der Waals surface area contributed by atoms with Gasteiger partial charge in [0.2, 0.25) is 0 Å². The summed E-state index contributed by atoms with van der Waals surface area (Å²) in [7, 11) is 6.40. The normalized spacial score (nSPS) is 33.6. The van der Waals surface area contributed by atoms with Gasteiger partial charge in [0.25, 0.3) is 0 Å². The molecule has 2 nitrogen and oxygen atoms in total. The highest BCUT2D eigenvalue weighted by Crippen LogP contribution is 2.21. The van der Waals surface area contributed by atoms with Gasteiger partial charge < -0.3 is 10.2 Å². The SMILES string of the molecule is CN[C@H]1CCC[C@@H]1N(C)C. The van der Waals surface area contributed by atoms with Crippen molar-refractivity contribution >= 4 is 0 Å². The van der Waals surface area contributed by atoms with Crippen molar-refractivity contribution in [2.24, 2.45) is 0 Å².